The average molecular weight is 400 g/mol. The van der Waals surface area contributed by atoms with Crippen molar-refractivity contribution in [2.75, 3.05) is 22.9 Å². The molecule has 1 saturated carbocycles. The summed E-state index contributed by atoms with van der Waals surface area (Å²) >= 11 is 6.33. The lowest BCUT2D eigenvalue weighted by Crippen LogP contribution is -2.23. The predicted molar refractivity (Wildman–Crippen MR) is 110 cm³/mol. The molecule has 2 heterocycles. The van der Waals surface area contributed by atoms with Crippen molar-refractivity contribution in [1.82, 2.24) is 19.9 Å². The van der Waals surface area contributed by atoms with Crippen molar-refractivity contribution in [2.24, 2.45) is 0 Å². The number of hydrogen-bond acceptors (Lipinski definition) is 8. The van der Waals surface area contributed by atoms with Gasteiger partial charge in [0.05, 0.1) is 22.2 Å². The molecule has 0 aliphatic heterocycles. The number of hydrogen-bond donors (Lipinski definition) is 4. The van der Waals surface area contributed by atoms with Gasteiger partial charge >= 0.3 is 0 Å². The van der Waals surface area contributed by atoms with Crippen LogP contribution in [-0.2, 0) is 0 Å². The van der Waals surface area contributed by atoms with Gasteiger partial charge in [0.25, 0.3) is 0 Å². The Kier molecular flexibility index (Phi) is 4.68. The first-order valence-corrected chi connectivity index (χ1v) is 9.51. The minimum atomic E-state index is -0.648. The van der Waals surface area contributed by atoms with Gasteiger partial charge in [-0.25, -0.2) is 4.98 Å². The van der Waals surface area contributed by atoms with E-state index < -0.39 is 5.60 Å². The number of aromatic nitrogens is 4. The number of rotatable bonds is 6. The molecule has 0 bridgehead atoms. The summed E-state index contributed by atoms with van der Waals surface area (Å²) in [5.41, 5.74) is 6.71. The summed E-state index contributed by atoms with van der Waals surface area (Å²) in [6, 6.07) is 7.53. The highest BCUT2D eigenvalue weighted by molar-refractivity contribution is 6.35. The SMILES string of the molecule is Cc1nc(N)nc(NC(C)c2cc3cccc(Cl)c3nc2NCC2(O)CC2)n1. The minimum absolute atomic E-state index is 0.167. The fraction of sp³-hybridized carbons (Fsp3) is 0.368. The fourth-order valence-corrected chi connectivity index (χ4v) is 3.28. The topological polar surface area (TPSA) is 122 Å². The van der Waals surface area contributed by atoms with Crippen LogP contribution >= 0.6 is 11.6 Å². The number of aliphatic hydroxyl groups is 1. The van der Waals surface area contributed by atoms with E-state index in [0.29, 0.717) is 34.7 Å². The maximum atomic E-state index is 10.2. The van der Waals surface area contributed by atoms with Crippen molar-refractivity contribution >= 4 is 40.2 Å². The number of nitrogen functional groups attached to an aromatic ring is 1. The molecule has 0 amide bonds. The molecule has 1 unspecified atom stereocenters. The van der Waals surface area contributed by atoms with E-state index in [4.69, 9.17) is 22.3 Å². The van der Waals surface area contributed by atoms with Crippen LogP contribution in [0.3, 0.4) is 0 Å². The normalized spacial score (nSPS) is 16.0. The van der Waals surface area contributed by atoms with Crippen molar-refractivity contribution < 1.29 is 5.11 Å². The monoisotopic (exact) mass is 399 g/mol. The Bertz CT molecular complexity index is 1020. The highest BCUT2D eigenvalue weighted by Gasteiger charge is 2.40. The van der Waals surface area contributed by atoms with Gasteiger partial charge in [-0.15, -0.1) is 0 Å². The van der Waals surface area contributed by atoms with E-state index in [-0.39, 0.29) is 12.0 Å². The molecular formula is C19H22ClN7O. The number of halogens is 1. The molecule has 0 radical (unpaired) electrons. The summed E-state index contributed by atoms with van der Waals surface area (Å²) in [6.45, 7) is 4.18. The minimum Gasteiger partial charge on any atom is -0.388 e. The lowest BCUT2D eigenvalue weighted by molar-refractivity contribution is 0.164. The standard InChI is InChI=1S/C19H22ClN7O/c1-10(23-18-25-11(2)24-17(21)27-18)13-8-12-4-3-5-14(20)15(12)26-16(13)22-9-19(28)6-7-19/h3-5,8,10,28H,6-7,9H2,1-2H3,(H,22,26)(H3,21,23,24,25,27). The smallest absolute Gasteiger partial charge is 0.228 e. The van der Waals surface area contributed by atoms with Gasteiger partial charge in [-0.05, 0) is 38.8 Å². The summed E-state index contributed by atoms with van der Waals surface area (Å²) in [7, 11) is 0. The number of nitrogens with two attached hydrogens (primary N) is 1. The molecule has 5 N–H and O–H groups in total. The third-order valence-electron chi connectivity index (χ3n) is 4.81. The van der Waals surface area contributed by atoms with Gasteiger partial charge in [0, 0.05) is 17.5 Å². The Balaban J connectivity index is 1.70. The molecule has 146 valence electrons. The van der Waals surface area contributed by atoms with E-state index in [9.17, 15) is 5.11 Å². The van der Waals surface area contributed by atoms with Gasteiger partial charge in [-0.1, -0.05) is 23.7 Å². The number of fused-ring (bicyclic) bond motifs is 1. The van der Waals surface area contributed by atoms with Crippen molar-refractivity contribution in [3.8, 4) is 0 Å². The molecule has 1 aromatic carbocycles. The van der Waals surface area contributed by atoms with Gasteiger partial charge in [-0.3, -0.25) is 0 Å². The maximum Gasteiger partial charge on any atom is 0.228 e. The summed E-state index contributed by atoms with van der Waals surface area (Å²) in [4.78, 5) is 17.2. The number of nitrogens with zero attached hydrogens (tertiary/aromatic N) is 4. The van der Waals surface area contributed by atoms with Crippen LogP contribution in [0.4, 0.5) is 17.7 Å². The van der Waals surface area contributed by atoms with Crippen LogP contribution in [0, 0.1) is 6.92 Å². The van der Waals surface area contributed by atoms with Gasteiger partial charge in [0.2, 0.25) is 11.9 Å². The number of nitrogens with one attached hydrogen (secondary N) is 2. The third-order valence-corrected chi connectivity index (χ3v) is 5.12. The molecule has 0 spiro atoms. The molecule has 3 aromatic rings. The third kappa shape index (κ3) is 3.93. The van der Waals surface area contributed by atoms with E-state index in [2.05, 4.69) is 25.6 Å². The first kappa shape index (κ1) is 18.6. The molecule has 1 aliphatic rings. The number of benzene rings is 1. The van der Waals surface area contributed by atoms with E-state index >= 15 is 0 Å². The zero-order valence-electron chi connectivity index (χ0n) is 15.7. The highest BCUT2D eigenvalue weighted by atomic mass is 35.5. The average Bonchev–Trinajstić information content (AvgIpc) is 3.36. The zero-order valence-corrected chi connectivity index (χ0v) is 16.5. The molecule has 9 heteroatoms. The lowest BCUT2D eigenvalue weighted by atomic mass is 10.1. The first-order valence-electron chi connectivity index (χ1n) is 9.13. The number of anilines is 3. The molecule has 2 aromatic heterocycles. The van der Waals surface area contributed by atoms with Crippen LogP contribution in [0.1, 0.15) is 37.2 Å². The van der Waals surface area contributed by atoms with Crippen molar-refractivity contribution in [3.05, 3.63) is 40.7 Å². The molecular weight excluding hydrogens is 378 g/mol. The Labute approximate surface area is 167 Å². The molecule has 0 saturated heterocycles. The van der Waals surface area contributed by atoms with Gasteiger partial charge < -0.3 is 21.5 Å². The van der Waals surface area contributed by atoms with Gasteiger partial charge in [0.15, 0.2) is 0 Å². The summed E-state index contributed by atoms with van der Waals surface area (Å²) in [6.07, 6.45) is 1.59. The summed E-state index contributed by atoms with van der Waals surface area (Å²) in [5, 5.41) is 18.3. The Hall–Kier alpha value is -2.71. The van der Waals surface area contributed by atoms with Crippen LogP contribution < -0.4 is 16.4 Å². The van der Waals surface area contributed by atoms with Gasteiger partial charge in [-0.2, -0.15) is 15.0 Å². The van der Waals surface area contributed by atoms with E-state index in [1.165, 1.54) is 0 Å². The summed E-state index contributed by atoms with van der Waals surface area (Å²) in [5.74, 6) is 1.77. The second-order valence-corrected chi connectivity index (χ2v) is 7.65. The Morgan fingerprint density at radius 2 is 2.04 bits per heavy atom. The molecule has 28 heavy (non-hydrogen) atoms. The molecule has 1 atom stereocenters. The zero-order chi connectivity index (χ0) is 19.9. The van der Waals surface area contributed by atoms with Crippen LogP contribution in [0.15, 0.2) is 24.3 Å². The number of aryl methyl sites for hydroxylation is 1. The van der Waals surface area contributed by atoms with Crippen LogP contribution in [0.2, 0.25) is 5.02 Å². The lowest BCUT2D eigenvalue weighted by Gasteiger charge is -2.20. The van der Waals surface area contributed by atoms with Crippen molar-refractivity contribution in [3.63, 3.8) is 0 Å². The van der Waals surface area contributed by atoms with E-state index in [1.807, 2.05) is 31.2 Å². The van der Waals surface area contributed by atoms with Crippen molar-refractivity contribution in [1.29, 1.82) is 0 Å². The van der Waals surface area contributed by atoms with Crippen LogP contribution in [-0.4, -0.2) is 37.2 Å². The second-order valence-electron chi connectivity index (χ2n) is 7.25. The van der Waals surface area contributed by atoms with E-state index in [0.717, 1.165) is 23.8 Å². The Morgan fingerprint density at radius 3 is 2.75 bits per heavy atom. The second kappa shape index (κ2) is 7.03. The molecule has 8 nitrogen and oxygen atoms in total. The van der Waals surface area contributed by atoms with Gasteiger partial charge in [0.1, 0.15) is 11.6 Å². The Morgan fingerprint density at radius 1 is 1.25 bits per heavy atom. The first-order chi connectivity index (χ1) is 13.3. The maximum absolute atomic E-state index is 10.2. The quantitative estimate of drug-likeness (QED) is 0.498. The number of pyridine rings is 1. The largest absolute Gasteiger partial charge is 0.388 e. The van der Waals surface area contributed by atoms with Crippen LogP contribution in [0.5, 0.6) is 0 Å². The summed E-state index contributed by atoms with van der Waals surface area (Å²) < 4.78 is 0. The molecule has 4 rings (SSSR count). The fourth-order valence-electron chi connectivity index (χ4n) is 3.06. The van der Waals surface area contributed by atoms with Crippen LogP contribution in [0.25, 0.3) is 10.9 Å². The number of para-hydroxylation sites is 1. The van der Waals surface area contributed by atoms with E-state index in [1.54, 1.807) is 6.92 Å². The molecule has 1 fully saturated rings. The van der Waals surface area contributed by atoms with Crippen molar-refractivity contribution in [2.45, 2.75) is 38.3 Å². The molecule has 1 aliphatic carbocycles. The highest BCUT2D eigenvalue weighted by Crippen LogP contribution is 2.36. The predicted octanol–water partition coefficient (Wildman–Crippen LogP) is 3.07.